The SMILES string of the molecule is CCCCC(CNCC)COC(=O)C12OC1(CC(CO)=C(C)CCC1CCNC(N)C1)C(=O)C1CCCC(CC(C)C)C1C2=O. The molecule has 9 nitrogen and oxygen atoms in total. The van der Waals surface area contributed by atoms with Crippen molar-refractivity contribution in [1.29, 1.82) is 0 Å². The summed E-state index contributed by atoms with van der Waals surface area (Å²) in [6.07, 6.45) is 9.90. The maximum atomic E-state index is 14.6. The molecule has 2 saturated carbocycles. The van der Waals surface area contributed by atoms with Crippen molar-refractivity contribution in [3.05, 3.63) is 11.1 Å². The van der Waals surface area contributed by atoms with E-state index in [0.717, 1.165) is 89.4 Å². The lowest BCUT2D eigenvalue weighted by molar-refractivity contribution is -0.161. The first-order valence-corrected chi connectivity index (χ1v) is 18.0. The van der Waals surface area contributed by atoms with E-state index >= 15 is 0 Å². The maximum Gasteiger partial charge on any atom is 0.350 e. The van der Waals surface area contributed by atoms with Crippen molar-refractivity contribution in [3.8, 4) is 0 Å². The molecule has 4 rings (SSSR count). The number of nitrogens with two attached hydrogens (primary N) is 1. The van der Waals surface area contributed by atoms with E-state index in [9.17, 15) is 19.5 Å². The van der Waals surface area contributed by atoms with Gasteiger partial charge in [-0.05, 0) is 94.7 Å². The number of unbranched alkanes of at least 4 members (excludes halogenated alkanes) is 1. The zero-order valence-corrected chi connectivity index (χ0v) is 28.6. The number of aliphatic hydroxyl groups excluding tert-OH is 1. The van der Waals surface area contributed by atoms with Crippen molar-refractivity contribution in [2.75, 3.05) is 32.8 Å². The van der Waals surface area contributed by atoms with E-state index < -0.39 is 29.0 Å². The molecule has 2 aliphatic heterocycles. The summed E-state index contributed by atoms with van der Waals surface area (Å²) in [5.74, 6) is -1.09. The van der Waals surface area contributed by atoms with Gasteiger partial charge in [0.15, 0.2) is 17.2 Å². The molecule has 5 N–H and O–H groups in total. The third-order valence-corrected chi connectivity index (χ3v) is 11.2. The molecule has 2 saturated heterocycles. The Kier molecular flexibility index (Phi) is 12.8. The highest BCUT2D eigenvalue weighted by atomic mass is 16.7. The lowest BCUT2D eigenvalue weighted by Crippen LogP contribution is -2.60. The van der Waals surface area contributed by atoms with Gasteiger partial charge in [0.1, 0.15) is 0 Å². The zero-order chi connectivity index (χ0) is 32.8. The van der Waals surface area contributed by atoms with Crippen LogP contribution in [0.5, 0.6) is 0 Å². The first-order valence-electron chi connectivity index (χ1n) is 18.0. The predicted molar refractivity (Wildman–Crippen MR) is 175 cm³/mol. The average molecular weight is 632 g/mol. The number of ketones is 2. The largest absolute Gasteiger partial charge is 0.463 e. The number of allylic oxidation sites excluding steroid dienone is 1. The summed E-state index contributed by atoms with van der Waals surface area (Å²) in [6, 6.07) is 0. The number of Topliss-reactive ketones (excluding diaryl/α,β-unsaturated/α-hetero) is 2. The third kappa shape index (κ3) is 7.75. The molecule has 0 aromatic heterocycles. The van der Waals surface area contributed by atoms with Gasteiger partial charge in [-0.3, -0.25) is 9.59 Å². The number of epoxide rings is 1. The number of rotatable bonds is 17. The van der Waals surface area contributed by atoms with E-state index in [1.807, 2.05) is 13.8 Å². The zero-order valence-electron chi connectivity index (χ0n) is 28.6. The fourth-order valence-corrected chi connectivity index (χ4v) is 8.56. The van der Waals surface area contributed by atoms with E-state index in [1.54, 1.807) is 0 Å². The molecule has 2 aliphatic carbocycles. The number of fused-ring (bicyclic) bond motifs is 2. The first-order chi connectivity index (χ1) is 21.5. The monoisotopic (exact) mass is 631 g/mol. The Morgan fingerprint density at radius 3 is 2.64 bits per heavy atom. The topological polar surface area (TPSA) is 143 Å². The van der Waals surface area contributed by atoms with Crippen LogP contribution in [-0.2, 0) is 23.9 Å². The fourth-order valence-electron chi connectivity index (χ4n) is 8.56. The lowest BCUT2D eigenvalue weighted by atomic mass is 9.56. The Morgan fingerprint density at radius 1 is 1.20 bits per heavy atom. The van der Waals surface area contributed by atoms with Gasteiger partial charge in [0.2, 0.25) is 0 Å². The molecule has 0 aromatic rings. The van der Waals surface area contributed by atoms with Crippen molar-refractivity contribution in [1.82, 2.24) is 10.6 Å². The molecule has 0 bridgehead atoms. The van der Waals surface area contributed by atoms with Crippen molar-refractivity contribution in [3.63, 3.8) is 0 Å². The molecule has 8 unspecified atom stereocenters. The van der Waals surface area contributed by atoms with E-state index in [-0.39, 0.29) is 49.2 Å². The number of ether oxygens (including phenoxy) is 2. The Labute approximate surface area is 271 Å². The second-order valence-electron chi connectivity index (χ2n) is 14.9. The van der Waals surface area contributed by atoms with Crippen LogP contribution in [-0.4, -0.2) is 72.9 Å². The summed E-state index contributed by atoms with van der Waals surface area (Å²) in [5, 5.41) is 17.2. The molecule has 8 atom stereocenters. The molecule has 4 fully saturated rings. The second kappa shape index (κ2) is 16.0. The summed E-state index contributed by atoms with van der Waals surface area (Å²) in [7, 11) is 0. The van der Waals surface area contributed by atoms with Crippen LogP contribution in [0.3, 0.4) is 0 Å². The molecular formula is C36H61N3O6. The van der Waals surface area contributed by atoms with Gasteiger partial charge in [-0.15, -0.1) is 0 Å². The minimum absolute atomic E-state index is 0.00360. The van der Waals surface area contributed by atoms with Crippen LogP contribution in [0, 0.1) is 35.5 Å². The van der Waals surface area contributed by atoms with Gasteiger partial charge in [0.05, 0.1) is 19.4 Å². The van der Waals surface area contributed by atoms with Crippen LogP contribution in [0.1, 0.15) is 112 Å². The summed E-state index contributed by atoms with van der Waals surface area (Å²) in [5.41, 5.74) is 4.28. The fraction of sp³-hybridized carbons (Fsp3) is 0.861. The van der Waals surface area contributed by atoms with Crippen molar-refractivity contribution >= 4 is 17.5 Å². The summed E-state index contributed by atoms with van der Waals surface area (Å²) >= 11 is 0. The number of hydrogen-bond donors (Lipinski definition) is 4. The summed E-state index contributed by atoms with van der Waals surface area (Å²) in [6.45, 7) is 12.8. The molecule has 9 heteroatoms. The van der Waals surface area contributed by atoms with E-state index in [4.69, 9.17) is 15.2 Å². The summed E-state index contributed by atoms with van der Waals surface area (Å²) < 4.78 is 12.3. The van der Waals surface area contributed by atoms with Gasteiger partial charge in [-0.1, -0.05) is 52.5 Å². The highest BCUT2D eigenvalue weighted by molar-refractivity contribution is 6.23. The standard InChI is InChI=1S/C36H61N3O6/c1-6-8-10-26(20-38-7-2)22-44-34(43)36-33(42)31-27(17-23(3)4)11-9-12-29(31)32(41)35(36,45-36)19-28(21-40)24(5)13-14-25-15-16-39-30(37)18-25/h23,25-27,29-31,38-40H,6-22,37H2,1-5H3. The Hall–Kier alpha value is -1.65. The maximum absolute atomic E-state index is 14.6. The van der Waals surface area contributed by atoms with E-state index in [2.05, 4.69) is 31.4 Å². The van der Waals surface area contributed by atoms with Gasteiger partial charge >= 0.3 is 5.97 Å². The molecule has 0 aromatic carbocycles. The van der Waals surface area contributed by atoms with Gasteiger partial charge in [-0.25, -0.2) is 4.79 Å². The predicted octanol–water partition coefficient (Wildman–Crippen LogP) is 4.45. The Balaban J connectivity index is 1.61. The molecule has 256 valence electrons. The molecule has 0 radical (unpaired) electrons. The van der Waals surface area contributed by atoms with Crippen molar-refractivity contribution in [2.45, 2.75) is 129 Å². The smallest absolute Gasteiger partial charge is 0.350 e. The first kappa shape index (κ1) is 36.2. The number of esters is 1. The van der Waals surface area contributed by atoms with Gasteiger partial charge in [-0.2, -0.15) is 0 Å². The van der Waals surface area contributed by atoms with Crippen LogP contribution in [0.25, 0.3) is 0 Å². The normalized spacial score (nSPS) is 34.2. The van der Waals surface area contributed by atoms with Crippen LogP contribution in [0.15, 0.2) is 11.1 Å². The van der Waals surface area contributed by atoms with Crippen molar-refractivity contribution in [2.24, 2.45) is 41.2 Å². The Morgan fingerprint density at radius 2 is 1.98 bits per heavy atom. The number of piperidine rings is 1. The molecule has 0 spiro atoms. The average Bonchev–Trinajstić information content (AvgIpc) is 3.72. The van der Waals surface area contributed by atoms with Crippen molar-refractivity contribution < 1.29 is 29.0 Å². The third-order valence-electron chi connectivity index (χ3n) is 11.2. The van der Waals surface area contributed by atoms with Crippen LogP contribution >= 0.6 is 0 Å². The summed E-state index contributed by atoms with van der Waals surface area (Å²) in [4.78, 5) is 43.3. The van der Waals surface area contributed by atoms with E-state index in [0.29, 0.717) is 23.8 Å². The molecule has 4 aliphatic rings. The minimum atomic E-state index is -1.92. The number of hydrogen-bond acceptors (Lipinski definition) is 9. The highest BCUT2D eigenvalue weighted by Gasteiger charge is 2.87. The van der Waals surface area contributed by atoms with Crippen LogP contribution < -0.4 is 16.4 Å². The molecule has 2 heterocycles. The number of carbonyl (C=O) groups is 3. The van der Waals surface area contributed by atoms with Gasteiger partial charge in [0, 0.05) is 30.7 Å². The lowest BCUT2D eigenvalue weighted by Gasteiger charge is -2.42. The molecule has 45 heavy (non-hydrogen) atoms. The van der Waals surface area contributed by atoms with Gasteiger partial charge < -0.3 is 30.9 Å². The number of carbonyl (C=O) groups excluding carboxylic acids is 3. The van der Waals surface area contributed by atoms with E-state index in [1.165, 1.54) is 0 Å². The quantitative estimate of drug-likeness (QED) is 0.0793. The van der Waals surface area contributed by atoms with Crippen LogP contribution in [0.2, 0.25) is 0 Å². The minimum Gasteiger partial charge on any atom is -0.463 e. The molecule has 0 amide bonds. The molecular weight excluding hydrogens is 570 g/mol. The van der Waals surface area contributed by atoms with Crippen LogP contribution in [0.4, 0.5) is 0 Å². The Bertz CT molecular complexity index is 1070. The number of aliphatic hydroxyl groups is 1. The number of nitrogens with one attached hydrogen (secondary N) is 2. The second-order valence-corrected chi connectivity index (χ2v) is 14.9. The highest BCUT2D eigenvalue weighted by Crippen LogP contribution is 2.63. The van der Waals surface area contributed by atoms with Gasteiger partial charge in [0.25, 0.3) is 5.60 Å².